The fraction of sp³-hybridized carbons (Fsp3) is 1.00. The van der Waals surface area contributed by atoms with E-state index in [0.717, 1.165) is 19.3 Å². The average molecular weight is 194 g/mol. The molecule has 78 valence electrons. The van der Waals surface area contributed by atoms with Gasteiger partial charge in [-0.1, -0.05) is 20.3 Å². The van der Waals surface area contributed by atoms with Crippen LogP contribution in [0.1, 0.15) is 39.5 Å². The predicted octanol–water partition coefficient (Wildman–Crippen LogP) is 4.01. The molecule has 0 amide bonds. The average Bonchev–Trinajstić information content (AvgIpc) is 2.01. The van der Waals surface area contributed by atoms with Crippen molar-refractivity contribution < 1.29 is 13.2 Å². The van der Waals surface area contributed by atoms with Crippen LogP contribution in [0.2, 0.25) is 0 Å². The molecule has 1 rings (SSSR count). The van der Waals surface area contributed by atoms with Gasteiger partial charge in [0.25, 0.3) is 0 Å². The van der Waals surface area contributed by atoms with E-state index in [1.54, 1.807) is 6.92 Å². The number of alkyl halides is 3. The van der Waals surface area contributed by atoms with E-state index in [2.05, 4.69) is 6.92 Å². The molecule has 0 aromatic rings. The number of hydrogen-bond acceptors (Lipinski definition) is 0. The molecule has 0 bridgehead atoms. The Morgan fingerprint density at radius 2 is 1.85 bits per heavy atom. The first-order valence-electron chi connectivity index (χ1n) is 5.01. The van der Waals surface area contributed by atoms with Gasteiger partial charge in [0.15, 0.2) is 0 Å². The van der Waals surface area contributed by atoms with E-state index in [1.807, 2.05) is 0 Å². The van der Waals surface area contributed by atoms with Gasteiger partial charge in [0.1, 0.15) is 0 Å². The lowest BCUT2D eigenvalue weighted by Gasteiger charge is -2.34. The SMILES string of the molecule is CCC1CCC(C(F)(F)F)C(C)C1. The van der Waals surface area contributed by atoms with Crippen LogP contribution in [0.25, 0.3) is 0 Å². The summed E-state index contributed by atoms with van der Waals surface area (Å²) in [4.78, 5) is 0. The third-order valence-electron chi connectivity index (χ3n) is 3.28. The van der Waals surface area contributed by atoms with Crippen LogP contribution in [0.4, 0.5) is 13.2 Å². The summed E-state index contributed by atoms with van der Waals surface area (Å²) < 4.78 is 37.3. The zero-order chi connectivity index (χ0) is 10.1. The van der Waals surface area contributed by atoms with Crippen molar-refractivity contribution in [2.75, 3.05) is 0 Å². The first-order valence-corrected chi connectivity index (χ1v) is 5.01. The summed E-state index contributed by atoms with van der Waals surface area (Å²) in [5.41, 5.74) is 0. The second kappa shape index (κ2) is 3.89. The molecule has 0 aromatic heterocycles. The van der Waals surface area contributed by atoms with E-state index in [1.165, 1.54) is 0 Å². The third-order valence-corrected chi connectivity index (χ3v) is 3.28. The molecule has 3 atom stereocenters. The standard InChI is InChI=1S/C10H17F3/c1-3-8-4-5-9(7(2)6-8)10(11,12)13/h7-9H,3-6H2,1-2H3. The minimum absolute atomic E-state index is 0.182. The van der Waals surface area contributed by atoms with Gasteiger partial charge >= 0.3 is 6.18 Å². The van der Waals surface area contributed by atoms with E-state index in [0.29, 0.717) is 12.3 Å². The molecule has 13 heavy (non-hydrogen) atoms. The van der Waals surface area contributed by atoms with Crippen molar-refractivity contribution in [3.05, 3.63) is 0 Å². The fourth-order valence-corrected chi connectivity index (χ4v) is 2.36. The maximum Gasteiger partial charge on any atom is 0.392 e. The van der Waals surface area contributed by atoms with Gasteiger partial charge in [-0.3, -0.25) is 0 Å². The Hall–Kier alpha value is -0.210. The van der Waals surface area contributed by atoms with Crippen molar-refractivity contribution in [3.8, 4) is 0 Å². The highest BCUT2D eigenvalue weighted by Gasteiger charge is 2.44. The Morgan fingerprint density at radius 3 is 2.23 bits per heavy atom. The zero-order valence-corrected chi connectivity index (χ0v) is 8.19. The molecule has 3 unspecified atom stereocenters. The second-order valence-electron chi connectivity index (χ2n) is 4.21. The molecule has 0 N–H and O–H groups in total. The maximum atomic E-state index is 12.4. The van der Waals surface area contributed by atoms with Gasteiger partial charge in [0.05, 0.1) is 5.92 Å². The van der Waals surface area contributed by atoms with Gasteiger partial charge in [0, 0.05) is 0 Å². The first-order chi connectivity index (χ1) is 5.95. The first kappa shape index (κ1) is 10.9. The smallest absolute Gasteiger partial charge is 0.171 e. The van der Waals surface area contributed by atoms with Gasteiger partial charge in [0.2, 0.25) is 0 Å². The molecular weight excluding hydrogens is 177 g/mol. The summed E-state index contributed by atoms with van der Waals surface area (Å²) in [6, 6.07) is 0. The van der Waals surface area contributed by atoms with Crippen LogP contribution < -0.4 is 0 Å². The van der Waals surface area contributed by atoms with Crippen molar-refractivity contribution in [2.45, 2.75) is 45.7 Å². The van der Waals surface area contributed by atoms with E-state index in [-0.39, 0.29) is 5.92 Å². The molecule has 1 fully saturated rings. The van der Waals surface area contributed by atoms with E-state index in [9.17, 15) is 13.2 Å². The topological polar surface area (TPSA) is 0 Å². The van der Waals surface area contributed by atoms with E-state index in [4.69, 9.17) is 0 Å². The van der Waals surface area contributed by atoms with Crippen LogP contribution in [0.3, 0.4) is 0 Å². The molecular formula is C10H17F3. The highest BCUT2D eigenvalue weighted by atomic mass is 19.4. The summed E-state index contributed by atoms with van der Waals surface area (Å²) in [7, 11) is 0. The molecule has 3 heteroatoms. The number of hydrogen-bond donors (Lipinski definition) is 0. The van der Waals surface area contributed by atoms with Crippen molar-refractivity contribution in [2.24, 2.45) is 17.8 Å². The Kier molecular flexibility index (Phi) is 3.25. The lowest BCUT2D eigenvalue weighted by Crippen LogP contribution is -2.33. The summed E-state index contributed by atoms with van der Waals surface area (Å²) in [5, 5.41) is 0. The molecule has 1 aliphatic carbocycles. The van der Waals surface area contributed by atoms with Gasteiger partial charge < -0.3 is 0 Å². The molecule has 0 saturated heterocycles. The molecule has 0 aliphatic heterocycles. The van der Waals surface area contributed by atoms with Crippen LogP contribution in [0, 0.1) is 17.8 Å². The lowest BCUT2D eigenvalue weighted by atomic mass is 9.74. The van der Waals surface area contributed by atoms with Gasteiger partial charge in [-0.2, -0.15) is 13.2 Å². The molecule has 0 nitrogen and oxygen atoms in total. The Labute approximate surface area is 77.5 Å². The van der Waals surface area contributed by atoms with Gasteiger partial charge in [-0.15, -0.1) is 0 Å². The van der Waals surface area contributed by atoms with Gasteiger partial charge in [-0.25, -0.2) is 0 Å². The molecule has 1 aliphatic rings. The summed E-state index contributed by atoms with van der Waals surface area (Å²) in [6.07, 6.45) is -1.11. The van der Waals surface area contributed by atoms with Crippen molar-refractivity contribution in [3.63, 3.8) is 0 Å². The highest BCUT2D eigenvalue weighted by molar-refractivity contribution is 4.81. The minimum Gasteiger partial charge on any atom is -0.171 e. The number of halogens is 3. The predicted molar refractivity (Wildman–Crippen MR) is 46.3 cm³/mol. The van der Waals surface area contributed by atoms with E-state index < -0.39 is 12.1 Å². The van der Waals surface area contributed by atoms with Crippen LogP contribution >= 0.6 is 0 Å². The Morgan fingerprint density at radius 1 is 1.23 bits per heavy atom. The molecule has 0 heterocycles. The lowest BCUT2D eigenvalue weighted by molar-refractivity contribution is -0.197. The maximum absolute atomic E-state index is 12.4. The second-order valence-corrected chi connectivity index (χ2v) is 4.21. The molecule has 0 aromatic carbocycles. The van der Waals surface area contributed by atoms with E-state index >= 15 is 0 Å². The van der Waals surface area contributed by atoms with Crippen LogP contribution in [-0.4, -0.2) is 6.18 Å². The molecule has 0 spiro atoms. The van der Waals surface area contributed by atoms with Gasteiger partial charge in [-0.05, 0) is 31.1 Å². The zero-order valence-electron chi connectivity index (χ0n) is 8.19. The van der Waals surface area contributed by atoms with Crippen LogP contribution in [0.5, 0.6) is 0 Å². The minimum atomic E-state index is -3.97. The van der Waals surface area contributed by atoms with Crippen LogP contribution in [-0.2, 0) is 0 Å². The Bertz CT molecular complexity index is 162. The Balaban J connectivity index is 2.53. The number of rotatable bonds is 1. The van der Waals surface area contributed by atoms with Crippen molar-refractivity contribution in [1.82, 2.24) is 0 Å². The molecule has 1 saturated carbocycles. The van der Waals surface area contributed by atoms with Crippen LogP contribution in [0.15, 0.2) is 0 Å². The largest absolute Gasteiger partial charge is 0.392 e. The summed E-state index contributed by atoms with van der Waals surface area (Å²) in [6.45, 7) is 3.80. The monoisotopic (exact) mass is 194 g/mol. The summed E-state index contributed by atoms with van der Waals surface area (Å²) in [5.74, 6) is -0.706. The molecule has 0 radical (unpaired) electrons. The van der Waals surface area contributed by atoms with Crippen molar-refractivity contribution in [1.29, 1.82) is 0 Å². The summed E-state index contributed by atoms with van der Waals surface area (Å²) >= 11 is 0. The quantitative estimate of drug-likeness (QED) is 0.591. The highest BCUT2D eigenvalue weighted by Crippen LogP contribution is 2.43. The fourth-order valence-electron chi connectivity index (χ4n) is 2.36. The third kappa shape index (κ3) is 2.61. The normalized spacial score (nSPS) is 36.2. The van der Waals surface area contributed by atoms with Crippen molar-refractivity contribution >= 4 is 0 Å².